The highest BCUT2D eigenvalue weighted by Gasteiger charge is 2.15. The van der Waals surface area contributed by atoms with Crippen LogP contribution in [0, 0.1) is 6.92 Å². The molecule has 3 N–H and O–H groups in total. The van der Waals surface area contributed by atoms with Gasteiger partial charge in [0, 0.05) is 17.1 Å². The van der Waals surface area contributed by atoms with Gasteiger partial charge in [-0.3, -0.25) is 4.98 Å². The van der Waals surface area contributed by atoms with Crippen LogP contribution in [0.3, 0.4) is 0 Å². The first-order valence-corrected chi connectivity index (χ1v) is 10.1. The zero-order valence-electron chi connectivity index (χ0n) is 16.4. The lowest BCUT2D eigenvalue weighted by Gasteiger charge is -2.17. The molecule has 0 aliphatic heterocycles. The van der Waals surface area contributed by atoms with Gasteiger partial charge in [0.05, 0.1) is 23.5 Å². The molecule has 0 unspecified atom stereocenters. The molecule has 1 aromatic carbocycles. The van der Waals surface area contributed by atoms with Crippen molar-refractivity contribution in [2.24, 2.45) is 5.73 Å². The zero-order chi connectivity index (χ0) is 21.4. The van der Waals surface area contributed by atoms with Crippen LogP contribution in [0.15, 0.2) is 36.5 Å². The molecule has 9 heteroatoms. The average molecular weight is 434 g/mol. The third-order valence-electron chi connectivity index (χ3n) is 4.26. The van der Waals surface area contributed by atoms with E-state index in [0.717, 1.165) is 35.2 Å². The van der Waals surface area contributed by atoms with E-state index in [2.05, 4.69) is 23.8 Å². The molecule has 0 fully saturated rings. The molecule has 0 aliphatic carbocycles. The molecule has 0 spiro atoms. The third-order valence-corrected chi connectivity index (χ3v) is 4.48. The maximum atomic E-state index is 8.29. The molecule has 0 radical (unpaired) electrons. The number of rotatable bonds is 7. The zero-order valence-corrected chi connectivity index (χ0v) is 18.1. The fourth-order valence-electron chi connectivity index (χ4n) is 2.75. The van der Waals surface area contributed by atoms with Crippen molar-refractivity contribution in [1.29, 1.82) is 0 Å². The quantitative estimate of drug-likeness (QED) is 0.538. The molecule has 0 amide bonds. The summed E-state index contributed by atoms with van der Waals surface area (Å²) in [6.45, 7) is 6.16. The van der Waals surface area contributed by atoms with Gasteiger partial charge in [0.1, 0.15) is 22.2 Å². The Hall–Kier alpha value is -2.78. The number of hydrogen-bond donors (Lipinski definition) is 2. The highest BCUT2D eigenvalue weighted by Crippen LogP contribution is 2.34. The minimum Gasteiger partial charge on any atom is -0.488 e. The van der Waals surface area contributed by atoms with Crippen LogP contribution in [0.1, 0.15) is 38.1 Å². The Morgan fingerprint density at radius 2 is 1.90 bits per heavy atom. The number of H-pyrrole nitrogens is 1. The Morgan fingerprint density at radius 3 is 2.45 bits per heavy atom. The number of aromatic amines is 1. The molecule has 154 valence electrons. The molecule has 0 saturated carbocycles. The SMILES string of the molecule is CCC(CC)Oc1cc(Oc2ccc(C)nc2)cc2cc(C(N)=S)[nH]c12.O=S=O. The van der Waals surface area contributed by atoms with E-state index in [0.29, 0.717) is 22.2 Å². The molecule has 0 aliphatic rings. The van der Waals surface area contributed by atoms with Crippen LogP contribution in [-0.2, 0) is 11.6 Å². The second-order valence-corrected chi connectivity index (χ2v) is 6.87. The van der Waals surface area contributed by atoms with E-state index < -0.39 is 11.6 Å². The predicted molar refractivity (Wildman–Crippen MR) is 117 cm³/mol. The number of benzene rings is 1. The number of pyridine rings is 1. The van der Waals surface area contributed by atoms with Gasteiger partial charge in [-0.2, -0.15) is 8.42 Å². The first-order valence-electron chi connectivity index (χ1n) is 9.07. The van der Waals surface area contributed by atoms with Gasteiger partial charge >= 0.3 is 11.6 Å². The van der Waals surface area contributed by atoms with Gasteiger partial charge in [0.15, 0.2) is 0 Å². The van der Waals surface area contributed by atoms with E-state index in [1.807, 2.05) is 37.3 Å². The number of nitrogens with zero attached hydrogens (tertiary/aromatic N) is 1. The van der Waals surface area contributed by atoms with Crippen LogP contribution in [0.2, 0.25) is 0 Å². The lowest BCUT2D eigenvalue weighted by atomic mass is 10.2. The first kappa shape index (κ1) is 22.5. The number of ether oxygens (including phenoxy) is 2. The van der Waals surface area contributed by atoms with Crippen LogP contribution in [0.5, 0.6) is 17.2 Å². The molecule has 2 aromatic heterocycles. The maximum Gasteiger partial charge on any atom is 0.335 e. The molecule has 0 atom stereocenters. The first-order chi connectivity index (χ1) is 13.9. The summed E-state index contributed by atoms with van der Waals surface area (Å²) in [5.41, 5.74) is 8.30. The highest BCUT2D eigenvalue weighted by atomic mass is 32.1. The number of thiocarbonyl (C=S) groups is 1. The van der Waals surface area contributed by atoms with E-state index in [4.69, 9.17) is 35.8 Å². The summed E-state index contributed by atoms with van der Waals surface area (Å²) in [7, 11) is 0. The largest absolute Gasteiger partial charge is 0.488 e. The van der Waals surface area contributed by atoms with Gasteiger partial charge in [0.25, 0.3) is 0 Å². The summed E-state index contributed by atoms with van der Waals surface area (Å²) in [6.07, 6.45) is 3.69. The average Bonchev–Trinajstić information content (AvgIpc) is 3.13. The Kier molecular flexibility index (Phi) is 8.29. The van der Waals surface area contributed by atoms with Crippen molar-refractivity contribution in [3.05, 3.63) is 47.9 Å². The highest BCUT2D eigenvalue weighted by molar-refractivity contribution is 7.80. The van der Waals surface area contributed by atoms with E-state index in [1.54, 1.807) is 6.20 Å². The summed E-state index contributed by atoms with van der Waals surface area (Å²) in [4.78, 5) is 7.84. The molecular formula is C20H23N3O4S2. The number of aryl methyl sites for hydroxylation is 1. The van der Waals surface area contributed by atoms with Crippen LogP contribution in [0.25, 0.3) is 10.9 Å². The lowest BCUT2D eigenvalue weighted by Crippen LogP contribution is -2.14. The second-order valence-electron chi connectivity index (χ2n) is 6.29. The second kappa shape index (κ2) is 10.7. The van der Waals surface area contributed by atoms with Crippen molar-refractivity contribution in [2.45, 2.75) is 39.7 Å². The van der Waals surface area contributed by atoms with Gasteiger partial charge in [-0.25, -0.2) is 0 Å². The van der Waals surface area contributed by atoms with Gasteiger partial charge in [-0.15, -0.1) is 0 Å². The standard InChI is InChI=1S/C20H23N3O2S.O2S/c1-4-14(5-2)25-18-10-16(24-15-7-6-12(3)22-11-15)8-13-9-17(20(21)26)23-19(13)18;1-3-2/h6-11,14,23H,4-5H2,1-3H3,(H2,21,26);. The predicted octanol–water partition coefficient (Wildman–Crippen LogP) is 4.20. The molecule has 2 heterocycles. The van der Waals surface area contributed by atoms with Crippen molar-refractivity contribution >= 4 is 39.7 Å². The normalized spacial score (nSPS) is 10.3. The van der Waals surface area contributed by atoms with Crippen LogP contribution >= 0.6 is 12.2 Å². The fraction of sp³-hybridized carbons (Fsp3) is 0.300. The number of nitrogens with two attached hydrogens (primary N) is 1. The van der Waals surface area contributed by atoms with E-state index in [-0.39, 0.29) is 6.10 Å². The van der Waals surface area contributed by atoms with Crippen molar-refractivity contribution in [2.75, 3.05) is 0 Å². The summed E-state index contributed by atoms with van der Waals surface area (Å²) in [5.74, 6) is 2.08. The monoisotopic (exact) mass is 433 g/mol. The molecule has 0 saturated heterocycles. The topological polar surface area (TPSA) is 107 Å². The summed E-state index contributed by atoms with van der Waals surface area (Å²) in [5, 5.41) is 0.936. The third kappa shape index (κ3) is 6.10. The summed E-state index contributed by atoms with van der Waals surface area (Å²) < 4.78 is 28.8. The number of nitrogens with one attached hydrogen (secondary N) is 1. The number of hydrogen-bond acceptors (Lipinski definition) is 6. The number of fused-ring (bicyclic) bond motifs is 1. The smallest absolute Gasteiger partial charge is 0.335 e. The minimum atomic E-state index is -0.750. The lowest BCUT2D eigenvalue weighted by molar-refractivity contribution is 0.194. The van der Waals surface area contributed by atoms with Gasteiger partial charge in [-0.05, 0) is 44.0 Å². The van der Waals surface area contributed by atoms with Gasteiger partial charge < -0.3 is 20.2 Å². The Labute approximate surface area is 178 Å². The molecule has 3 aromatic rings. The Bertz CT molecular complexity index is 1010. The van der Waals surface area contributed by atoms with Gasteiger partial charge in [-0.1, -0.05) is 26.1 Å². The summed E-state index contributed by atoms with van der Waals surface area (Å²) >= 11 is 4.35. The van der Waals surface area contributed by atoms with E-state index in [9.17, 15) is 0 Å². The fourth-order valence-corrected chi connectivity index (χ4v) is 2.86. The van der Waals surface area contributed by atoms with E-state index >= 15 is 0 Å². The van der Waals surface area contributed by atoms with Crippen molar-refractivity contribution < 1.29 is 17.9 Å². The van der Waals surface area contributed by atoms with Crippen molar-refractivity contribution in [3.8, 4) is 17.2 Å². The molecule has 29 heavy (non-hydrogen) atoms. The molecular weight excluding hydrogens is 410 g/mol. The van der Waals surface area contributed by atoms with Gasteiger partial charge in [0.2, 0.25) is 0 Å². The maximum absolute atomic E-state index is 8.29. The van der Waals surface area contributed by atoms with Crippen molar-refractivity contribution in [1.82, 2.24) is 9.97 Å². The van der Waals surface area contributed by atoms with Crippen LogP contribution in [0.4, 0.5) is 0 Å². The molecule has 0 bridgehead atoms. The van der Waals surface area contributed by atoms with Crippen molar-refractivity contribution in [3.63, 3.8) is 0 Å². The molecule has 7 nitrogen and oxygen atoms in total. The van der Waals surface area contributed by atoms with E-state index in [1.165, 1.54) is 0 Å². The van der Waals surface area contributed by atoms with Crippen LogP contribution < -0.4 is 15.2 Å². The Morgan fingerprint density at radius 1 is 1.21 bits per heavy atom. The van der Waals surface area contributed by atoms with Crippen LogP contribution in [-0.4, -0.2) is 29.5 Å². The minimum absolute atomic E-state index is 0.131. The Balaban J connectivity index is 0.000000941. The summed E-state index contributed by atoms with van der Waals surface area (Å²) in [6, 6.07) is 9.55. The number of aromatic nitrogens is 2. The molecule has 3 rings (SSSR count).